The molecule has 86 valence electrons. The number of ether oxygens (including phenoxy) is 1. The molecule has 1 aromatic carbocycles. The van der Waals surface area contributed by atoms with Crippen molar-refractivity contribution in [3.63, 3.8) is 0 Å². The Morgan fingerprint density at radius 2 is 2.25 bits per heavy atom. The van der Waals surface area contributed by atoms with Crippen LogP contribution >= 0.6 is 11.6 Å². The van der Waals surface area contributed by atoms with Crippen molar-refractivity contribution in [2.75, 3.05) is 20.7 Å². The third kappa shape index (κ3) is 3.73. The summed E-state index contributed by atoms with van der Waals surface area (Å²) in [4.78, 5) is 2.07. The molecule has 0 bridgehead atoms. The number of nitriles is 1. The fourth-order valence-corrected chi connectivity index (χ4v) is 1.68. The van der Waals surface area contributed by atoms with E-state index in [1.165, 1.54) is 0 Å². The maximum atomic E-state index is 8.50. The first-order valence-electron chi connectivity index (χ1n) is 5.05. The Morgan fingerprint density at radius 1 is 1.50 bits per heavy atom. The lowest BCUT2D eigenvalue weighted by Gasteiger charge is -2.17. The minimum atomic E-state index is 0.527. The van der Waals surface area contributed by atoms with E-state index in [1.807, 2.05) is 19.2 Å². The molecule has 0 aliphatic rings. The zero-order valence-electron chi connectivity index (χ0n) is 9.53. The lowest BCUT2D eigenvalue weighted by atomic mass is 10.2. The first-order chi connectivity index (χ1) is 7.67. The molecule has 0 aliphatic heterocycles. The molecular weight excluding hydrogens is 224 g/mol. The molecule has 0 N–H and O–H groups in total. The smallest absolute Gasteiger partial charge is 0.123 e. The monoisotopic (exact) mass is 238 g/mol. The normalized spacial score (nSPS) is 10.2. The SMILES string of the molecule is COc1ccc(Cl)cc1CN(C)CCC#N. The highest BCUT2D eigenvalue weighted by Gasteiger charge is 2.06. The second-order valence-electron chi connectivity index (χ2n) is 3.60. The Balaban J connectivity index is 2.71. The van der Waals surface area contributed by atoms with E-state index in [2.05, 4.69) is 11.0 Å². The summed E-state index contributed by atoms with van der Waals surface area (Å²) in [6, 6.07) is 7.68. The summed E-state index contributed by atoms with van der Waals surface area (Å²) in [6.07, 6.45) is 0.527. The average Bonchev–Trinajstić information content (AvgIpc) is 2.27. The predicted molar refractivity (Wildman–Crippen MR) is 64.6 cm³/mol. The van der Waals surface area contributed by atoms with Crippen LogP contribution in [0, 0.1) is 11.3 Å². The van der Waals surface area contributed by atoms with Crippen molar-refractivity contribution in [3.05, 3.63) is 28.8 Å². The first kappa shape index (κ1) is 12.8. The van der Waals surface area contributed by atoms with Crippen molar-refractivity contribution in [3.8, 4) is 11.8 Å². The molecule has 0 atom stereocenters. The molecule has 1 rings (SSSR count). The van der Waals surface area contributed by atoms with Crippen LogP contribution in [0.15, 0.2) is 18.2 Å². The zero-order valence-corrected chi connectivity index (χ0v) is 10.3. The predicted octanol–water partition coefficient (Wildman–Crippen LogP) is 2.69. The Hall–Kier alpha value is -1.24. The van der Waals surface area contributed by atoms with Crippen LogP contribution in [0.2, 0.25) is 5.02 Å². The van der Waals surface area contributed by atoms with Gasteiger partial charge in [-0.15, -0.1) is 0 Å². The number of hydrogen-bond donors (Lipinski definition) is 0. The highest BCUT2D eigenvalue weighted by atomic mass is 35.5. The average molecular weight is 239 g/mol. The van der Waals surface area contributed by atoms with Crippen molar-refractivity contribution < 1.29 is 4.74 Å². The van der Waals surface area contributed by atoms with E-state index in [0.29, 0.717) is 11.4 Å². The summed E-state index contributed by atoms with van der Waals surface area (Å²) in [5.41, 5.74) is 1.04. The minimum Gasteiger partial charge on any atom is -0.496 e. The van der Waals surface area contributed by atoms with Crippen molar-refractivity contribution >= 4 is 11.6 Å². The van der Waals surface area contributed by atoms with Crippen molar-refractivity contribution in [2.24, 2.45) is 0 Å². The standard InChI is InChI=1S/C12H15ClN2O/c1-15(7-3-6-14)9-10-8-11(13)4-5-12(10)16-2/h4-5,8H,3,7,9H2,1-2H3. The quantitative estimate of drug-likeness (QED) is 0.791. The van der Waals surface area contributed by atoms with Crippen LogP contribution < -0.4 is 4.74 Å². The molecule has 4 heteroatoms. The van der Waals surface area contributed by atoms with Gasteiger partial charge in [0, 0.05) is 30.1 Å². The van der Waals surface area contributed by atoms with Crippen molar-refractivity contribution in [1.29, 1.82) is 5.26 Å². The maximum Gasteiger partial charge on any atom is 0.123 e. The van der Waals surface area contributed by atoms with Gasteiger partial charge in [0.05, 0.1) is 13.2 Å². The highest BCUT2D eigenvalue weighted by molar-refractivity contribution is 6.30. The Kier molecular flexibility index (Phi) is 5.10. The van der Waals surface area contributed by atoms with E-state index >= 15 is 0 Å². The van der Waals surface area contributed by atoms with Gasteiger partial charge >= 0.3 is 0 Å². The van der Waals surface area contributed by atoms with Gasteiger partial charge in [-0.1, -0.05) is 11.6 Å². The van der Waals surface area contributed by atoms with E-state index in [9.17, 15) is 0 Å². The Bertz CT molecular complexity index is 387. The third-order valence-corrected chi connectivity index (χ3v) is 2.52. The number of halogens is 1. The summed E-state index contributed by atoms with van der Waals surface area (Å²) in [6.45, 7) is 1.47. The van der Waals surface area contributed by atoms with Crippen LogP contribution in [0.3, 0.4) is 0 Å². The molecule has 0 saturated carbocycles. The fraction of sp³-hybridized carbons (Fsp3) is 0.417. The van der Waals surface area contributed by atoms with Gasteiger partial charge in [0.25, 0.3) is 0 Å². The molecule has 1 aromatic rings. The summed E-state index contributed by atoms with van der Waals surface area (Å²) < 4.78 is 5.26. The topological polar surface area (TPSA) is 36.3 Å². The second-order valence-corrected chi connectivity index (χ2v) is 4.04. The molecule has 0 unspecified atom stereocenters. The fourth-order valence-electron chi connectivity index (χ4n) is 1.48. The van der Waals surface area contributed by atoms with Gasteiger partial charge in [0.1, 0.15) is 5.75 Å². The number of methoxy groups -OCH3 is 1. The summed E-state index contributed by atoms with van der Waals surface area (Å²) in [5, 5.41) is 9.20. The third-order valence-electron chi connectivity index (χ3n) is 2.29. The second kappa shape index (κ2) is 6.37. The van der Waals surface area contributed by atoms with E-state index in [1.54, 1.807) is 13.2 Å². The van der Waals surface area contributed by atoms with Gasteiger partial charge in [-0.3, -0.25) is 0 Å². The van der Waals surface area contributed by atoms with Crippen LogP contribution in [0.1, 0.15) is 12.0 Å². The molecule has 0 heterocycles. The van der Waals surface area contributed by atoms with Gasteiger partial charge < -0.3 is 9.64 Å². The van der Waals surface area contributed by atoms with Gasteiger partial charge in [0.2, 0.25) is 0 Å². The van der Waals surface area contributed by atoms with E-state index < -0.39 is 0 Å². The molecule has 16 heavy (non-hydrogen) atoms. The molecule has 0 radical (unpaired) electrons. The molecular formula is C12H15ClN2O. The Labute approximate surface area is 101 Å². The molecule has 0 aliphatic carbocycles. The van der Waals surface area contributed by atoms with Crippen molar-refractivity contribution in [1.82, 2.24) is 4.90 Å². The summed E-state index contributed by atoms with van der Waals surface area (Å²) in [5.74, 6) is 0.827. The van der Waals surface area contributed by atoms with Crippen LogP contribution in [0.4, 0.5) is 0 Å². The minimum absolute atomic E-state index is 0.527. The number of hydrogen-bond acceptors (Lipinski definition) is 3. The maximum absolute atomic E-state index is 8.50. The number of benzene rings is 1. The van der Waals surface area contributed by atoms with Crippen LogP contribution in [-0.4, -0.2) is 25.6 Å². The van der Waals surface area contributed by atoms with Crippen LogP contribution in [-0.2, 0) is 6.54 Å². The lowest BCUT2D eigenvalue weighted by molar-refractivity contribution is 0.324. The molecule has 0 fully saturated rings. The zero-order chi connectivity index (χ0) is 12.0. The largest absolute Gasteiger partial charge is 0.496 e. The van der Waals surface area contributed by atoms with Gasteiger partial charge in [0.15, 0.2) is 0 Å². The highest BCUT2D eigenvalue weighted by Crippen LogP contribution is 2.23. The van der Waals surface area contributed by atoms with Gasteiger partial charge in [-0.25, -0.2) is 0 Å². The van der Waals surface area contributed by atoms with Crippen LogP contribution in [0.5, 0.6) is 5.75 Å². The van der Waals surface area contributed by atoms with Gasteiger partial charge in [-0.05, 0) is 25.2 Å². The van der Waals surface area contributed by atoms with Crippen molar-refractivity contribution in [2.45, 2.75) is 13.0 Å². The molecule has 0 saturated heterocycles. The van der Waals surface area contributed by atoms with E-state index in [4.69, 9.17) is 21.6 Å². The lowest BCUT2D eigenvalue weighted by Crippen LogP contribution is -2.19. The molecule has 0 aromatic heterocycles. The first-order valence-corrected chi connectivity index (χ1v) is 5.43. The Morgan fingerprint density at radius 3 is 2.88 bits per heavy atom. The summed E-state index contributed by atoms with van der Waals surface area (Å²) in [7, 11) is 3.61. The number of nitrogens with zero attached hydrogens (tertiary/aromatic N) is 2. The van der Waals surface area contributed by atoms with E-state index in [-0.39, 0.29) is 0 Å². The van der Waals surface area contributed by atoms with Gasteiger partial charge in [-0.2, -0.15) is 5.26 Å². The number of rotatable bonds is 5. The summed E-state index contributed by atoms with van der Waals surface area (Å²) >= 11 is 5.94. The molecule has 3 nitrogen and oxygen atoms in total. The molecule has 0 amide bonds. The van der Waals surface area contributed by atoms with E-state index in [0.717, 1.165) is 24.4 Å². The van der Waals surface area contributed by atoms with Crippen LogP contribution in [0.25, 0.3) is 0 Å². The molecule has 0 spiro atoms.